The molecule has 6 nitrogen and oxygen atoms in total. The Bertz CT molecular complexity index is 808. The summed E-state index contributed by atoms with van der Waals surface area (Å²) in [6, 6.07) is 11.9. The van der Waals surface area contributed by atoms with Crippen LogP contribution in [0.5, 0.6) is 0 Å². The van der Waals surface area contributed by atoms with Crippen LogP contribution in [-0.2, 0) is 6.54 Å². The van der Waals surface area contributed by atoms with Crippen molar-refractivity contribution in [3.63, 3.8) is 0 Å². The third kappa shape index (κ3) is 3.47. The summed E-state index contributed by atoms with van der Waals surface area (Å²) in [5, 5.41) is 8.53. The number of carbonyl (C=O) groups is 1. The van der Waals surface area contributed by atoms with Gasteiger partial charge < -0.3 is 4.90 Å². The number of hydrogen-bond acceptors (Lipinski definition) is 3. The van der Waals surface area contributed by atoms with Crippen LogP contribution in [0.3, 0.4) is 0 Å². The lowest BCUT2D eigenvalue weighted by Gasteiger charge is -2.33. The highest BCUT2D eigenvalue weighted by Crippen LogP contribution is 2.22. The second-order valence-corrected chi connectivity index (χ2v) is 6.43. The van der Waals surface area contributed by atoms with Gasteiger partial charge in [0.25, 0.3) is 5.91 Å². The molecular weight excluding hydrogens is 314 g/mol. The Hall–Kier alpha value is -2.89. The lowest BCUT2D eigenvalue weighted by Crippen LogP contribution is -2.40. The van der Waals surface area contributed by atoms with E-state index in [0.717, 1.165) is 37.1 Å². The van der Waals surface area contributed by atoms with Gasteiger partial charge in [0.2, 0.25) is 0 Å². The Kier molecular flexibility index (Phi) is 4.33. The molecule has 1 aliphatic rings. The number of hydrogen-bond donors (Lipinski definition) is 0. The fraction of sp³-hybridized carbons (Fsp3) is 0.316. The van der Waals surface area contributed by atoms with Gasteiger partial charge in [0.15, 0.2) is 0 Å². The summed E-state index contributed by atoms with van der Waals surface area (Å²) >= 11 is 0. The van der Waals surface area contributed by atoms with Crippen molar-refractivity contribution in [2.75, 3.05) is 13.1 Å². The van der Waals surface area contributed by atoms with Gasteiger partial charge in [0.1, 0.15) is 0 Å². The maximum absolute atomic E-state index is 12.8. The normalized spacial score (nSPS) is 17.6. The zero-order chi connectivity index (χ0) is 17.1. The predicted octanol–water partition coefficient (Wildman–Crippen LogP) is 2.61. The van der Waals surface area contributed by atoms with Crippen LogP contribution in [0, 0.1) is 0 Å². The molecule has 1 aromatic carbocycles. The molecule has 0 saturated carbocycles. The SMILES string of the molecule is O=C(c1ccc(Cn2cccn2)cc1)N1CCCC(n2cccn2)C1. The molecule has 128 valence electrons. The highest BCUT2D eigenvalue weighted by molar-refractivity contribution is 5.94. The first-order valence-electron chi connectivity index (χ1n) is 8.64. The van der Waals surface area contributed by atoms with Gasteiger partial charge in [-0.15, -0.1) is 0 Å². The Morgan fingerprint density at radius 1 is 1.08 bits per heavy atom. The summed E-state index contributed by atoms with van der Waals surface area (Å²) in [7, 11) is 0. The smallest absolute Gasteiger partial charge is 0.253 e. The third-order valence-electron chi connectivity index (χ3n) is 4.69. The van der Waals surface area contributed by atoms with Crippen molar-refractivity contribution in [3.05, 3.63) is 72.3 Å². The minimum absolute atomic E-state index is 0.0995. The van der Waals surface area contributed by atoms with Crippen LogP contribution in [-0.4, -0.2) is 43.5 Å². The van der Waals surface area contributed by atoms with Gasteiger partial charge in [-0.25, -0.2) is 0 Å². The molecule has 25 heavy (non-hydrogen) atoms. The fourth-order valence-corrected chi connectivity index (χ4v) is 3.37. The topological polar surface area (TPSA) is 56.0 Å². The number of carbonyl (C=O) groups excluding carboxylic acids is 1. The molecule has 0 aliphatic carbocycles. The first-order chi connectivity index (χ1) is 12.3. The molecule has 0 spiro atoms. The van der Waals surface area contributed by atoms with Gasteiger partial charge in [-0.3, -0.25) is 14.2 Å². The Morgan fingerprint density at radius 2 is 1.88 bits per heavy atom. The molecule has 1 aliphatic heterocycles. The summed E-state index contributed by atoms with van der Waals surface area (Å²) in [4.78, 5) is 14.8. The quantitative estimate of drug-likeness (QED) is 0.736. The maximum Gasteiger partial charge on any atom is 0.253 e. The lowest BCUT2D eigenvalue weighted by atomic mass is 10.0. The zero-order valence-electron chi connectivity index (χ0n) is 14.0. The van der Waals surface area contributed by atoms with Crippen LogP contribution >= 0.6 is 0 Å². The van der Waals surface area contributed by atoms with Gasteiger partial charge in [0.05, 0.1) is 12.6 Å². The molecule has 6 heteroatoms. The first-order valence-corrected chi connectivity index (χ1v) is 8.64. The van der Waals surface area contributed by atoms with Gasteiger partial charge in [-0.1, -0.05) is 12.1 Å². The molecule has 1 amide bonds. The Morgan fingerprint density at radius 3 is 2.60 bits per heavy atom. The lowest BCUT2D eigenvalue weighted by molar-refractivity contribution is 0.0673. The number of rotatable bonds is 4. The molecule has 1 saturated heterocycles. The predicted molar refractivity (Wildman–Crippen MR) is 94.2 cm³/mol. The van der Waals surface area contributed by atoms with E-state index in [9.17, 15) is 4.79 Å². The van der Waals surface area contributed by atoms with Crippen molar-refractivity contribution in [2.45, 2.75) is 25.4 Å². The number of nitrogens with zero attached hydrogens (tertiary/aromatic N) is 5. The van der Waals surface area contributed by atoms with Crippen LogP contribution in [0.4, 0.5) is 0 Å². The summed E-state index contributed by atoms with van der Waals surface area (Å²) in [6.07, 6.45) is 9.54. The van der Waals surface area contributed by atoms with Crippen LogP contribution < -0.4 is 0 Å². The van der Waals surface area contributed by atoms with E-state index in [-0.39, 0.29) is 11.9 Å². The summed E-state index contributed by atoms with van der Waals surface area (Å²) in [6.45, 7) is 2.24. The molecule has 0 N–H and O–H groups in total. The second-order valence-electron chi connectivity index (χ2n) is 6.43. The van der Waals surface area contributed by atoms with Crippen molar-refractivity contribution in [3.8, 4) is 0 Å². The van der Waals surface area contributed by atoms with Gasteiger partial charge in [-0.05, 0) is 42.7 Å². The van der Waals surface area contributed by atoms with Gasteiger partial charge in [-0.2, -0.15) is 10.2 Å². The second kappa shape index (κ2) is 6.93. The standard InChI is InChI=1S/C19H21N5O/c25-19(22-11-1-4-18(15-22)24-13-3-10-21-24)17-7-5-16(6-8-17)14-23-12-2-9-20-23/h2-3,5-10,12-13,18H,1,4,11,14-15H2. The summed E-state index contributed by atoms with van der Waals surface area (Å²) < 4.78 is 3.84. The molecule has 1 atom stereocenters. The van der Waals surface area contributed by atoms with E-state index in [1.54, 1.807) is 12.4 Å². The van der Waals surface area contributed by atoms with Crippen LogP contribution in [0.25, 0.3) is 0 Å². The summed E-state index contributed by atoms with van der Waals surface area (Å²) in [5.41, 5.74) is 1.87. The number of aromatic nitrogens is 4. The molecule has 3 heterocycles. The molecule has 1 fully saturated rings. The monoisotopic (exact) mass is 335 g/mol. The first kappa shape index (κ1) is 15.6. The molecule has 0 bridgehead atoms. The molecule has 2 aromatic heterocycles. The minimum Gasteiger partial charge on any atom is -0.337 e. The number of likely N-dealkylation sites (tertiary alicyclic amines) is 1. The van der Waals surface area contributed by atoms with Gasteiger partial charge in [0, 0.05) is 43.4 Å². The zero-order valence-corrected chi connectivity index (χ0v) is 14.0. The van der Waals surface area contributed by atoms with Crippen LogP contribution in [0.15, 0.2) is 61.2 Å². The number of benzene rings is 1. The van der Waals surface area contributed by atoms with E-state index < -0.39 is 0 Å². The van der Waals surface area contributed by atoms with Crippen molar-refractivity contribution in [1.82, 2.24) is 24.5 Å². The minimum atomic E-state index is 0.0995. The van der Waals surface area contributed by atoms with Crippen molar-refractivity contribution in [2.24, 2.45) is 0 Å². The van der Waals surface area contributed by atoms with E-state index >= 15 is 0 Å². The molecule has 0 radical (unpaired) electrons. The molecular formula is C19H21N5O. The average Bonchev–Trinajstić information content (AvgIpc) is 3.36. The largest absolute Gasteiger partial charge is 0.337 e. The van der Waals surface area contributed by atoms with Crippen molar-refractivity contribution >= 4 is 5.91 Å². The summed E-state index contributed by atoms with van der Waals surface area (Å²) in [5.74, 6) is 0.0995. The van der Waals surface area contributed by atoms with E-state index in [4.69, 9.17) is 0 Å². The number of amides is 1. The van der Waals surface area contributed by atoms with E-state index in [2.05, 4.69) is 10.2 Å². The Labute approximate surface area is 146 Å². The highest BCUT2D eigenvalue weighted by atomic mass is 16.2. The van der Waals surface area contributed by atoms with Gasteiger partial charge >= 0.3 is 0 Å². The third-order valence-corrected chi connectivity index (χ3v) is 4.69. The van der Waals surface area contributed by atoms with E-state index in [1.807, 2.05) is 63.1 Å². The fourth-order valence-electron chi connectivity index (χ4n) is 3.37. The molecule has 1 unspecified atom stereocenters. The van der Waals surface area contributed by atoms with E-state index in [1.165, 1.54) is 0 Å². The van der Waals surface area contributed by atoms with E-state index in [0.29, 0.717) is 6.54 Å². The van der Waals surface area contributed by atoms with Crippen molar-refractivity contribution < 1.29 is 4.79 Å². The highest BCUT2D eigenvalue weighted by Gasteiger charge is 2.25. The average molecular weight is 335 g/mol. The maximum atomic E-state index is 12.8. The number of piperidine rings is 1. The molecule has 4 rings (SSSR count). The van der Waals surface area contributed by atoms with Crippen LogP contribution in [0.1, 0.15) is 34.8 Å². The Balaban J connectivity index is 1.43. The molecule has 3 aromatic rings. The van der Waals surface area contributed by atoms with Crippen LogP contribution in [0.2, 0.25) is 0 Å². The van der Waals surface area contributed by atoms with Crippen molar-refractivity contribution in [1.29, 1.82) is 0 Å².